The van der Waals surface area contributed by atoms with Crippen molar-refractivity contribution in [2.24, 2.45) is 0 Å². The first-order chi connectivity index (χ1) is 8.01. The van der Waals surface area contributed by atoms with Gasteiger partial charge >= 0.3 is 0 Å². The van der Waals surface area contributed by atoms with Crippen LogP contribution < -0.4 is 5.32 Å². The van der Waals surface area contributed by atoms with Gasteiger partial charge in [-0.15, -0.1) is 17.7 Å². The fourth-order valence-electron chi connectivity index (χ4n) is 1.30. The van der Waals surface area contributed by atoms with Gasteiger partial charge in [0, 0.05) is 17.0 Å². The Balaban J connectivity index is 2.55. The molecule has 1 rings (SSSR count). The number of nitrogens with one attached hydrogen (secondary N) is 1. The molecule has 0 saturated carbocycles. The second-order valence-electron chi connectivity index (χ2n) is 4.97. The maximum absolute atomic E-state index is 3.50. The molecule has 0 aliphatic heterocycles. The fourth-order valence-corrected chi connectivity index (χ4v) is 2.10. The van der Waals surface area contributed by atoms with Gasteiger partial charge in [-0.05, 0) is 45.4 Å². The molecule has 0 radical (unpaired) electrons. The van der Waals surface area contributed by atoms with Crippen molar-refractivity contribution in [3.05, 3.63) is 29.8 Å². The van der Waals surface area contributed by atoms with Crippen molar-refractivity contribution in [2.75, 3.05) is 5.75 Å². The third-order valence-electron chi connectivity index (χ3n) is 2.21. The summed E-state index contributed by atoms with van der Waals surface area (Å²) in [5, 5.41) is 3.50. The molecule has 1 N–H and O–H groups in total. The molecule has 0 fully saturated rings. The van der Waals surface area contributed by atoms with Gasteiger partial charge in [-0.3, -0.25) is 0 Å². The molecule has 1 nitrogen and oxygen atoms in total. The molecule has 2 heteroatoms. The molecule has 0 bridgehead atoms. The second kappa shape index (κ2) is 6.74. The maximum Gasteiger partial charge on any atom is 0.0594 e. The number of benzene rings is 1. The summed E-state index contributed by atoms with van der Waals surface area (Å²) in [5.41, 5.74) is 1.49. The highest BCUT2D eigenvalue weighted by molar-refractivity contribution is 7.99. The van der Waals surface area contributed by atoms with Crippen LogP contribution in [-0.4, -0.2) is 11.3 Å². The Morgan fingerprint density at radius 2 is 2.06 bits per heavy atom. The van der Waals surface area contributed by atoms with E-state index in [9.17, 15) is 0 Å². The van der Waals surface area contributed by atoms with E-state index in [1.165, 1.54) is 10.5 Å². The molecule has 0 amide bonds. The Hall–Kier alpha value is -0.910. The van der Waals surface area contributed by atoms with Crippen LogP contribution in [0.5, 0.6) is 0 Å². The van der Waals surface area contributed by atoms with Crippen LogP contribution in [0.25, 0.3) is 0 Å². The lowest BCUT2D eigenvalue weighted by Crippen LogP contribution is -2.35. The van der Waals surface area contributed by atoms with Crippen molar-refractivity contribution >= 4 is 11.8 Å². The minimum Gasteiger partial charge on any atom is -0.308 e. The normalized spacial score (nSPS) is 10.8. The van der Waals surface area contributed by atoms with Crippen molar-refractivity contribution in [1.29, 1.82) is 0 Å². The van der Waals surface area contributed by atoms with E-state index in [1.807, 2.05) is 6.92 Å². The average molecular weight is 247 g/mol. The highest BCUT2D eigenvalue weighted by Gasteiger charge is 2.08. The molecule has 0 aliphatic rings. The first-order valence-corrected chi connectivity index (χ1v) is 6.86. The largest absolute Gasteiger partial charge is 0.308 e. The summed E-state index contributed by atoms with van der Waals surface area (Å²) >= 11 is 1.79. The standard InChI is InChI=1S/C15H21NS/c1-5-6-10-17-14-9-7-8-13(11-14)12-16-15(2,3)4/h7-9,11,16H,10,12H2,1-4H3. The van der Waals surface area contributed by atoms with Crippen LogP contribution in [0.4, 0.5) is 0 Å². The van der Waals surface area contributed by atoms with Gasteiger partial charge < -0.3 is 5.32 Å². The lowest BCUT2D eigenvalue weighted by Gasteiger charge is -2.20. The van der Waals surface area contributed by atoms with Crippen LogP contribution in [-0.2, 0) is 6.54 Å². The number of hydrogen-bond acceptors (Lipinski definition) is 2. The number of rotatable bonds is 4. The Bertz CT molecular complexity index is 407. The summed E-state index contributed by atoms with van der Waals surface area (Å²) < 4.78 is 0. The number of thioether (sulfide) groups is 1. The van der Waals surface area contributed by atoms with E-state index in [0.717, 1.165) is 12.3 Å². The van der Waals surface area contributed by atoms with E-state index in [0.29, 0.717) is 0 Å². The summed E-state index contributed by atoms with van der Waals surface area (Å²) in [6.07, 6.45) is 0. The summed E-state index contributed by atoms with van der Waals surface area (Å²) in [6.45, 7) is 9.34. The third kappa shape index (κ3) is 6.41. The Labute approximate surface area is 109 Å². The van der Waals surface area contributed by atoms with Crippen LogP contribution in [0.3, 0.4) is 0 Å². The SMILES string of the molecule is CC#CCSc1cccc(CNC(C)(C)C)c1. The third-order valence-corrected chi connectivity index (χ3v) is 3.09. The quantitative estimate of drug-likeness (QED) is 0.643. The first-order valence-electron chi connectivity index (χ1n) is 5.87. The molecular formula is C15H21NS. The molecule has 0 saturated heterocycles. The molecule has 0 heterocycles. The van der Waals surface area contributed by atoms with Crippen molar-refractivity contribution < 1.29 is 0 Å². The Morgan fingerprint density at radius 3 is 2.71 bits per heavy atom. The van der Waals surface area contributed by atoms with Gasteiger partial charge in [-0.2, -0.15) is 0 Å². The summed E-state index contributed by atoms with van der Waals surface area (Å²) in [4.78, 5) is 1.29. The van der Waals surface area contributed by atoms with E-state index in [2.05, 4.69) is 62.2 Å². The summed E-state index contributed by atoms with van der Waals surface area (Å²) in [7, 11) is 0. The Kier molecular flexibility index (Phi) is 5.61. The number of hydrogen-bond donors (Lipinski definition) is 1. The summed E-state index contributed by atoms with van der Waals surface area (Å²) in [5.74, 6) is 6.85. The molecule has 17 heavy (non-hydrogen) atoms. The monoisotopic (exact) mass is 247 g/mol. The van der Waals surface area contributed by atoms with Crippen LogP contribution in [0, 0.1) is 11.8 Å². The maximum atomic E-state index is 3.50. The molecule has 0 spiro atoms. The summed E-state index contributed by atoms with van der Waals surface area (Å²) in [6, 6.07) is 8.65. The molecule has 0 atom stereocenters. The lowest BCUT2D eigenvalue weighted by molar-refractivity contribution is 0.424. The molecule has 92 valence electrons. The van der Waals surface area contributed by atoms with E-state index in [-0.39, 0.29) is 5.54 Å². The highest BCUT2D eigenvalue weighted by Crippen LogP contribution is 2.18. The second-order valence-corrected chi connectivity index (χ2v) is 6.02. The van der Waals surface area contributed by atoms with Gasteiger partial charge in [0.05, 0.1) is 5.75 Å². The average Bonchev–Trinajstić information content (AvgIpc) is 2.27. The Morgan fingerprint density at radius 1 is 1.29 bits per heavy atom. The van der Waals surface area contributed by atoms with Crippen molar-refractivity contribution in [3.8, 4) is 11.8 Å². The van der Waals surface area contributed by atoms with Crippen molar-refractivity contribution in [2.45, 2.75) is 44.7 Å². The van der Waals surface area contributed by atoms with Crippen LogP contribution in [0.1, 0.15) is 33.3 Å². The van der Waals surface area contributed by atoms with Crippen molar-refractivity contribution in [3.63, 3.8) is 0 Å². The van der Waals surface area contributed by atoms with E-state index in [1.54, 1.807) is 11.8 Å². The van der Waals surface area contributed by atoms with Gasteiger partial charge in [-0.1, -0.05) is 18.1 Å². The molecule has 0 aliphatic carbocycles. The van der Waals surface area contributed by atoms with Gasteiger partial charge in [0.2, 0.25) is 0 Å². The highest BCUT2D eigenvalue weighted by atomic mass is 32.2. The topological polar surface area (TPSA) is 12.0 Å². The van der Waals surface area contributed by atoms with Crippen molar-refractivity contribution in [1.82, 2.24) is 5.32 Å². The van der Waals surface area contributed by atoms with E-state index < -0.39 is 0 Å². The fraction of sp³-hybridized carbons (Fsp3) is 0.467. The van der Waals surface area contributed by atoms with Gasteiger partial charge in [-0.25, -0.2) is 0 Å². The molecule has 1 aromatic carbocycles. The van der Waals surface area contributed by atoms with E-state index >= 15 is 0 Å². The van der Waals surface area contributed by atoms with Gasteiger partial charge in [0.1, 0.15) is 0 Å². The minimum atomic E-state index is 0.164. The lowest BCUT2D eigenvalue weighted by atomic mass is 10.1. The first kappa shape index (κ1) is 14.2. The predicted molar refractivity (Wildman–Crippen MR) is 77.2 cm³/mol. The van der Waals surface area contributed by atoms with Gasteiger partial charge in [0.15, 0.2) is 0 Å². The van der Waals surface area contributed by atoms with E-state index in [4.69, 9.17) is 0 Å². The zero-order valence-electron chi connectivity index (χ0n) is 11.1. The zero-order valence-corrected chi connectivity index (χ0v) is 11.9. The molecule has 0 aromatic heterocycles. The molecule has 1 aromatic rings. The minimum absolute atomic E-state index is 0.164. The van der Waals surface area contributed by atoms with Crippen LogP contribution in [0.2, 0.25) is 0 Å². The van der Waals surface area contributed by atoms with Crippen LogP contribution >= 0.6 is 11.8 Å². The van der Waals surface area contributed by atoms with Crippen LogP contribution in [0.15, 0.2) is 29.2 Å². The zero-order chi connectivity index (χ0) is 12.7. The smallest absolute Gasteiger partial charge is 0.0594 e. The molecule has 0 unspecified atom stereocenters. The van der Waals surface area contributed by atoms with Gasteiger partial charge in [0.25, 0.3) is 0 Å². The predicted octanol–water partition coefficient (Wildman–Crippen LogP) is 3.69. The molecular weight excluding hydrogens is 226 g/mol.